The van der Waals surface area contributed by atoms with Gasteiger partial charge in [0.05, 0.1) is 24.2 Å². The molecule has 1 fully saturated rings. The molecule has 0 N–H and O–H groups in total. The van der Waals surface area contributed by atoms with Crippen LogP contribution >= 0.6 is 11.6 Å². The Bertz CT molecular complexity index is 1070. The topological polar surface area (TPSA) is 56.6 Å². The number of hydrogen-bond donors (Lipinski definition) is 0. The molecule has 1 atom stereocenters. The van der Waals surface area contributed by atoms with Gasteiger partial charge in [-0.15, -0.1) is 0 Å². The predicted octanol–water partition coefficient (Wildman–Crippen LogP) is 5.76. The van der Waals surface area contributed by atoms with Crippen LogP contribution in [0.1, 0.15) is 39.2 Å². The summed E-state index contributed by atoms with van der Waals surface area (Å²) in [4.78, 5) is 19.0. The van der Waals surface area contributed by atoms with Crippen molar-refractivity contribution in [1.82, 2.24) is 14.5 Å². The lowest BCUT2D eigenvalue weighted by Gasteiger charge is -2.33. The van der Waals surface area contributed by atoms with E-state index in [1.54, 1.807) is 4.90 Å². The summed E-state index contributed by atoms with van der Waals surface area (Å²) in [5.74, 6) is 0.236. The third-order valence-corrected chi connectivity index (χ3v) is 5.74. The average Bonchev–Trinajstić information content (AvgIpc) is 3.10. The van der Waals surface area contributed by atoms with Gasteiger partial charge in [-0.3, -0.25) is 4.57 Å². The maximum absolute atomic E-state index is 12.5. The lowest BCUT2D eigenvalue weighted by Crippen LogP contribution is -2.44. The largest absolute Gasteiger partial charge is 0.464 e. The summed E-state index contributed by atoms with van der Waals surface area (Å²) in [6.45, 7) is 8.17. The average molecular weight is 456 g/mol. The second-order valence-electron chi connectivity index (χ2n) is 9.34. The number of para-hydroxylation sites is 2. The van der Waals surface area contributed by atoms with Crippen LogP contribution in [0.4, 0.5) is 4.79 Å². The molecular weight excluding hydrogens is 426 g/mol. The van der Waals surface area contributed by atoms with E-state index in [2.05, 4.69) is 10.6 Å². The minimum atomic E-state index is -0.493. The van der Waals surface area contributed by atoms with E-state index in [9.17, 15) is 4.79 Å². The summed E-state index contributed by atoms with van der Waals surface area (Å²) in [5, 5.41) is 0.715. The molecule has 2 heterocycles. The molecule has 1 saturated heterocycles. The maximum Gasteiger partial charge on any atom is 0.410 e. The smallest absolute Gasteiger partial charge is 0.410 e. The molecule has 0 aliphatic carbocycles. The van der Waals surface area contributed by atoms with E-state index in [1.807, 2.05) is 63.2 Å². The molecule has 4 rings (SSSR count). The van der Waals surface area contributed by atoms with Crippen LogP contribution in [0.2, 0.25) is 5.02 Å². The molecule has 0 bridgehead atoms. The van der Waals surface area contributed by atoms with Gasteiger partial charge < -0.3 is 14.4 Å². The number of hydrogen-bond acceptors (Lipinski definition) is 4. The van der Waals surface area contributed by atoms with Crippen molar-refractivity contribution in [3.05, 3.63) is 59.1 Å². The third-order valence-electron chi connectivity index (χ3n) is 5.49. The summed E-state index contributed by atoms with van der Waals surface area (Å²) in [6.07, 6.45) is 1.70. The summed E-state index contributed by atoms with van der Waals surface area (Å²) in [5.41, 5.74) is 2.55. The van der Waals surface area contributed by atoms with Gasteiger partial charge in [-0.05, 0) is 63.4 Å². The highest BCUT2D eigenvalue weighted by atomic mass is 35.5. The van der Waals surface area contributed by atoms with Gasteiger partial charge in [0.15, 0.2) is 0 Å². The fourth-order valence-corrected chi connectivity index (χ4v) is 4.10. The first-order chi connectivity index (χ1) is 15.3. The Kier molecular flexibility index (Phi) is 6.60. The molecule has 0 saturated carbocycles. The normalized spacial score (nSPS) is 16.9. The van der Waals surface area contributed by atoms with Crippen LogP contribution in [0.15, 0.2) is 48.5 Å². The zero-order valence-electron chi connectivity index (χ0n) is 18.9. The van der Waals surface area contributed by atoms with Crippen LogP contribution in [-0.4, -0.2) is 45.8 Å². The number of carbonyl (C=O) groups excluding carboxylic acids is 1. The van der Waals surface area contributed by atoms with Crippen molar-refractivity contribution >= 4 is 28.7 Å². The third kappa shape index (κ3) is 5.54. The van der Waals surface area contributed by atoms with E-state index in [1.165, 1.54) is 0 Å². The number of benzene rings is 2. The van der Waals surface area contributed by atoms with Crippen LogP contribution < -0.4 is 4.74 Å². The van der Waals surface area contributed by atoms with E-state index in [0.29, 0.717) is 30.7 Å². The quantitative estimate of drug-likeness (QED) is 0.490. The fraction of sp³-hybridized carbons (Fsp3) is 0.440. The molecule has 1 aromatic heterocycles. The van der Waals surface area contributed by atoms with Crippen molar-refractivity contribution in [2.75, 3.05) is 19.7 Å². The Morgan fingerprint density at radius 1 is 1.16 bits per heavy atom. The Morgan fingerprint density at radius 2 is 1.91 bits per heavy atom. The Labute approximate surface area is 194 Å². The lowest BCUT2D eigenvalue weighted by atomic mass is 9.99. The number of carbonyl (C=O) groups is 1. The van der Waals surface area contributed by atoms with Crippen molar-refractivity contribution in [2.45, 2.75) is 45.8 Å². The van der Waals surface area contributed by atoms with E-state index in [4.69, 9.17) is 26.1 Å². The second kappa shape index (κ2) is 9.41. The van der Waals surface area contributed by atoms with Crippen molar-refractivity contribution in [2.24, 2.45) is 5.92 Å². The van der Waals surface area contributed by atoms with Crippen LogP contribution in [0.5, 0.6) is 6.01 Å². The number of ether oxygens (including phenoxy) is 2. The molecule has 1 aliphatic heterocycles. The first kappa shape index (κ1) is 22.5. The van der Waals surface area contributed by atoms with Crippen molar-refractivity contribution < 1.29 is 14.3 Å². The highest BCUT2D eigenvalue weighted by Gasteiger charge is 2.28. The molecule has 0 unspecified atom stereocenters. The van der Waals surface area contributed by atoms with Gasteiger partial charge in [-0.2, -0.15) is 4.98 Å². The second-order valence-corrected chi connectivity index (χ2v) is 9.78. The van der Waals surface area contributed by atoms with Gasteiger partial charge in [-0.25, -0.2) is 4.79 Å². The van der Waals surface area contributed by atoms with Gasteiger partial charge in [0.25, 0.3) is 6.01 Å². The van der Waals surface area contributed by atoms with E-state index in [0.717, 1.165) is 36.0 Å². The molecule has 3 aromatic rings. The monoisotopic (exact) mass is 455 g/mol. The predicted molar refractivity (Wildman–Crippen MR) is 126 cm³/mol. The Hall–Kier alpha value is -2.73. The summed E-state index contributed by atoms with van der Waals surface area (Å²) in [7, 11) is 0. The minimum absolute atomic E-state index is 0.236. The minimum Gasteiger partial charge on any atom is -0.464 e. The number of piperidine rings is 1. The number of imidazole rings is 1. The molecule has 0 radical (unpaired) electrons. The summed E-state index contributed by atoms with van der Waals surface area (Å²) < 4.78 is 13.9. The van der Waals surface area contributed by atoms with Gasteiger partial charge in [0.1, 0.15) is 5.60 Å². The van der Waals surface area contributed by atoms with Gasteiger partial charge >= 0.3 is 6.09 Å². The van der Waals surface area contributed by atoms with Crippen molar-refractivity contribution in [1.29, 1.82) is 0 Å². The number of aromatic nitrogens is 2. The lowest BCUT2D eigenvalue weighted by molar-refractivity contribution is 0.0136. The molecule has 6 nitrogen and oxygen atoms in total. The van der Waals surface area contributed by atoms with Gasteiger partial charge in [0.2, 0.25) is 0 Å². The standard InChI is InChI=1S/C25H30ClN3O3/c1-25(2,3)32-24(30)28-14-6-7-19(15-28)17-31-23-27-21-8-4-5-9-22(21)29(23)16-18-10-12-20(26)13-11-18/h4-5,8-13,19H,6-7,14-17H2,1-3H3/t19-/m0/s1. The molecule has 2 aromatic carbocycles. The maximum atomic E-state index is 12.5. The molecular formula is C25H30ClN3O3. The van der Waals surface area contributed by atoms with Crippen LogP contribution in [0, 0.1) is 5.92 Å². The molecule has 0 spiro atoms. The van der Waals surface area contributed by atoms with Crippen molar-refractivity contribution in [3.63, 3.8) is 0 Å². The summed E-state index contributed by atoms with van der Waals surface area (Å²) >= 11 is 6.04. The SMILES string of the molecule is CC(C)(C)OC(=O)N1CCC[C@H](COc2nc3ccccc3n2Cc2ccc(Cl)cc2)C1. The molecule has 7 heteroatoms. The fourth-order valence-electron chi connectivity index (χ4n) is 3.97. The van der Waals surface area contributed by atoms with Gasteiger partial charge in [-0.1, -0.05) is 35.9 Å². The summed E-state index contributed by atoms with van der Waals surface area (Å²) in [6, 6.07) is 16.4. The first-order valence-corrected chi connectivity index (χ1v) is 11.5. The number of nitrogens with zero attached hydrogens (tertiary/aromatic N) is 3. The molecule has 1 aliphatic rings. The highest BCUT2D eigenvalue weighted by molar-refractivity contribution is 6.30. The molecule has 1 amide bonds. The zero-order valence-corrected chi connectivity index (χ0v) is 19.6. The number of amides is 1. The van der Waals surface area contributed by atoms with Crippen molar-refractivity contribution in [3.8, 4) is 6.01 Å². The molecule has 170 valence electrons. The van der Waals surface area contributed by atoms with Gasteiger partial charge in [0, 0.05) is 24.0 Å². The van der Waals surface area contributed by atoms with Crippen LogP contribution in [0.25, 0.3) is 11.0 Å². The molecule has 32 heavy (non-hydrogen) atoms. The Morgan fingerprint density at radius 3 is 2.66 bits per heavy atom. The number of rotatable bonds is 5. The van der Waals surface area contributed by atoms with Crippen LogP contribution in [-0.2, 0) is 11.3 Å². The van der Waals surface area contributed by atoms with E-state index in [-0.39, 0.29) is 12.0 Å². The highest BCUT2D eigenvalue weighted by Crippen LogP contribution is 2.25. The van der Waals surface area contributed by atoms with E-state index >= 15 is 0 Å². The zero-order chi connectivity index (χ0) is 22.7. The van der Waals surface area contributed by atoms with Crippen LogP contribution in [0.3, 0.4) is 0 Å². The Balaban J connectivity index is 1.47. The number of likely N-dealkylation sites (tertiary alicyclic amines) is 1. The first-order valence-electron chi connectivity index (χ1n) is 11.1. The number of fused-ring (bicyclic) bond motifs is 1. The number of halogens is 1. The van der Waals surface area contributed by atoms with E-state index < -0.39 is 5.60 Å².